The average Bonchev–Trinajstić information content (AvgIpc) is 3.37. The minimum absolute atomic E-state index is 0.0284. The van der Waals surface area contributed by atoms with Crippen molar-refractivity contribution in [3.8, 4) is 16.8 Å². The molecule has 5 heterocycles. The summed E-state index contributed by atoms with van der Waals surface area (Å²) in [5.74, 6) is -0.952. The van der Waals surface area contributed by atoms with Crippen LogP contribution in [0.4, 0.5) is 15.8 Å². The van der Waals surface area contributed by atoms with Crippen LogP contribution in [0.5, 0.6) is 0 Å². The highest BCUT2D eigenvalue weighted by molar-refractivity contribution is 6.39. The zero-order valence-electron chi connectivity index (χ0n) is 30.1. The summed E-state index contributed by atoms with van der Waals surface area (Å²) in [6.07, 6.45) is 2.84. The lowest BCUT2D eigenvalue weighted by Crippen LogP contribution is -2.64. The number of hydrogen-bond acceptors (Lipinski definition) is 7. The molecule has 51 heavy (non-hydrogen) atoms. The zero-order valence-corrected chi connectivity index (χ0v) is 30.9. The monoisotopic (exact) mass is 712 g/mol. The Morgan fingerprint density at radius 3 is 2.29 bits per heavy atom. The number of nitrogens with zero attached hydrogens (tertiary/aromatic N) is 7. The third-order valence-electron chi connectivity index (χ3n) is 10.5. The number of rotatable bonds is 5. The Morgan fingerprint density at radius 1 is 1.00 bits per heavy atom. The fourth-order valence-corrected chi connectivity index (χ4v) is 8.43. The second-order valence-electron chi connectivity index (χ2n) is 14.5. The topological polar surface area (TPSA) is 112 Å². The average molecular weight is 713 g/mol. The van der Waals surface area contributed by atoms with Gasteiger partial charge in [0.05, 0.1) is 50.4 Å². The summed E-state index contributed by atoms with van der Waals surface area (Å²) in [5.41, 5.74) is 4.71. The SMILES string of the molecule is C=CC(=O)N1CC2CN(C)c3c(c4cc(F)c(-c5c(C)ccc6[nH]c(=O)n(C)c56)c(Cl)c4n(-c4c(C(C)C)ncnc4C(C)C)c3=O)N2CC1C. The van der Waals surface area contributed by atoms with Gasteiger partial charge in [-0.1, -0.05) is 51.9 Å². The molecule has 7 rings (SSSR count). The quantitative estimate of drug-likeness (QED) is 0.222. The second kappa shape index (κ2) is 12.4. The predicted octanol–water partition coefficient (Wildman–Crippen LogP) is 6.02. The fourth-order valence-electron chi connectivity index (χ4n) is 8.06. The maximum atomic E-state index is 17.2. The number of likely N-dealkylation sites (N-methyl/N-ethyl adjacent to an activating group) is 1. The van der Waals surface area contributed by atoms with Gasteiger partial charge in [0.25, 0.3) is 5.56 Å². The van der Waals surface area contributed by atoms with Crippen molar-refractivity contribution in [2.45, 2.75) is 65.5 Å². The molecule has 1 saturated heterocycles. The Kier molecular flexibility index (Phi) is 8.36. The standard InChI is InChI=1S/C38H42ClFN8O3/c1-10-26(49)46-16-22-15-44(8)36-33(47(22)14-21(46)7)23-13-24(40)28(27-20(6)11-12-25-34(27)45(9)38(51)43-25)29(39)32(23)48(37(36)50)35-30(18(2)3)41-17-42-31(35)19(4)5/h10-13,17-19,21-22H,1,14-16H2,2-9H3,(H,43,51). The first-order chi connectivity index (χ1) is 24.2. The number of aromatic amines is 1. The van der Waals surface area contributed by atoms with E-state index in [1.165, 1.54) is 23.0 Å². The number of carbonyl (C=O) groups excluding carboxylic acids is 1. The Hall–Kier alpha value is -4.97. The van der Waals surface area contributed by atoms with Gasteiger partial charge in [-0.3, -0.25) is 18.7 Å². The van der Waals surface area contributed by atoms with Crippen molar-refractivity contribution in [2.75, 3.05) is 36.5 Å². The van der Waals surface area contributed by atoms with E-state index in [0.717, 1.165) is 0 Å². The van der Waals surface area contributed by atoms with Gasteiger partial charge in [-0.15, -0.1) is 0 Å². The maximum absolute atomic E-state index is 17.2. The molecule has 0 bridgehead atoms. The summed E-state index contributed by atoms with van der Waals surface area (Å²) in [4.78, 5) is 59.0. The van der Waals surface area contributed by atoms with E-state index in [9.17, 15) is 9.59 Å². The van der Waals surface area contributed by atoms with Gasteiger partial charge in [-0.2, -0.15) is 0 Å². The molecule has 0 aliphatic carbocycles. The number of H-pyrrole nitrogens is 1. The summed E-state index contributed by atoms with van der Waals surface area (Å²) in [6, 6.07) is 4.67. The van der Waals surface area contributed by atoms with Crippen molar-refractivity contribution in [1.82, 2.24) is 29.0 Å². The molecule has 11 nitrogen and oxygen atoms in total. The van der Waals surface area contributed by atoms with Crippen LogP contribution in [0.1, 0.15) is 63.4 Å². The summed E-state index contributed by atoms with van der Waals surface area (Å²) < 4.78 is 20.2. The largest absolute Gasteiger partial charge is 0.366 e. The van der Waals surface area contributed by atoms with Crippen LogP contribution in [-0.4, -0.2) is 73.7 Å². The van der Waals surface area contributed by atoms with Gasteiger partial charge in [-0.05, 0) is 49.5 Å². The molecule has 2 atom stereocenters. The van der Waals surface area contributed by atoms with Crippen molar-refractivity contribution in [1.29, 1.82) is 0 Å². The number of carbonyl (C=O) groups is 1. The van der Waals surface area contributed by atoms with E-state index in [1.54, 1.807) is 22.6 Å². The number of benzene rings is 2. The van der Waals surface area contributed by atoms with Gasteiger partial charge < -0.3 is 19.7 Å². The van der Waals surface area contributed by atoms with Gasteiger partial charge in [0.2, 0.25) is 5.91 Å². The zero-order chi connectivity index (χ0) is 36.8. The van der Waals surface area contributed by atoms with Crippen molar-refractivity contribution < 1.29 is 9.18 Å². The van der Waals surface area contributed by atoms with Gasteiger partial charge in [0, 0.05) is 56.3 Å². The Balaban J connectivity index is 1.67. The number of halogens is 2. The molecule has 0 spiro atoms. The number of hydrogen-bond donors (Lipinski definition) is 1. The lowest BCUT2D eigenvalue weighted by molar-refractivity contribution is -0.128. The number of nitrogens with one attached hydrogen (secondary N) is 1. The fraction of sp³-hybridized carbons (Fsp3) is 0.395. The van der Waals surface area contributed by atoms with Gasteiger partial charge in [0.15, 0.2) is 0 Å². The highest BCUT2D eigenvalue weighted by Crippen LogP contribution is 2.48. The highest BCUT2D eigenvalue weighted by atomic mass is 35.5. The second-order valence-corrected chi connectivity index (χ2v) is 14.8. The van der Waals surface area contributed by atoms with E-state index in [2.05, 4.69) is 26.4 Å². The third-order valence-corrected chi connectivity index (χ3v) is 10.8. The van der Waals surface area contributed by atoms with E-state index in [0.29, 0.717) is 81.1 Å². The van der Waals surface area contributed by atoms with Crippen LogP contribution in [0.15, 0.2) is 46.8 Å². The van der Waals surface area contributed by atoms with E-state index in [-0.39, 0.29) is 51.7 Å². The van der Waals surface area contributed by atoms with Crippen LogP contribution in [0, 0.1) is 12.7 Å². The van der Waals surface area contributed by atoms with Crippen LogP contribution in [-0.2, 0) is 11.8 Å². The highest BCUT2D eigenvalue weighted by Gasteiger charge is 2.42. The van der Waals surface area contributed by atoms with Crippen LogP contribution < -0.4 is 21.0 Å². The van der Waals surface area contributed by atoms with E-state index in [4.69, 9.17) is 11.6 Å². The summed E-state index contributed by atoms with van der Waals surface area (Å²) >= 11 is 7.54. The number of piperazine rings is 1. The molecular formula is C38H42ClFN8O3. The number of aryl methyl sites for hydroxylation is 2. The van der Waals surface area contributed by atoms with E-state index in [1.807, 2.05) is 59.6 Å². The number of aromatic nitrogens is 5. The molecule has 13 heteroatoms. The van der Waals surface area contributed by atoms with Gasteiger partial charge in [0.1, 0.15) is 17.8 Å². The van der Waals surface area contributed by atoms with Crippen molar-refractivity contribution in [2.24, 2.45) is 7.05 Å². The van der Waals surface area contributed by atoms with Crippen LogP contribution >= 0.6 is 11.6 Å². The molecular weight excluding hydrogens is 671 g/mol. The molecule has 2 unspecified atom stereocenters. The Labute approximate surface area is 300 Å². The number of anilines is 2. The van der Waals surface area contributed by atoms with E-state index < -0.39 is 5.82 Å². The molecule has 5 aromatic rings. The Bertz CT molecular complexity index is 2390. The smallest absolute Gasteiger partial charge is 0.326 e. The molecule has 2 aliphatic heterocycles. The molecule has 1 fully saturated rings. The number of imidazole rings is 1. The first-order valence-corrected chi connectivity index (χ1v) is 17.6. The summed E-state index contributed by atoms with van der Waals surface area (Å²) in [5, 5.41) is 0.477. The molecule has 0 saturated carbocycles. The molecule has 1 amide bonds. The number of amides is 1. The van der Waals surface area contributed by atoms with Crippen molar-refractivity contribution in [3.63, 3.8) is 0 Å². The van der Waals surface area contributed by atoms with Crippen molar-refractivity contribution >= 4 is 50.8 Å². The predicted molar refractivity (Wildman–Crippen MR) is 201 cm³/mol. The normalized spacial score (nSPS) is 17.5. The molecule has 3 aromatic heterocycles. The van der Waals surface area contributed by atoms with Crippen LogP contribution in [0.2, 0.25) is 5.02 Å². The summed E-state index contributed by atoms with van der Waals surface area (Å²) in [6.45, 7) is 16.8. The summed E-state index contributed by atoms with van der Waals surface area (Å²) in [7, 11) is 3.48. The minimum atomic E-state index is -0.597. The first kappa shape index (κ1) is 34.5. The maximum Gasteiger partial charge on any atom is 0.326 e. The molecule has 266 valence electrons. The third kappa shape index (κ3) is 5.09. The van der Waals surface area contributed by atoms with Crippen LogP contribution in [0.25, 0.3) is 38.8 Å². The van der Waals surface area contributed by atoms with E-state index >= 15 is 9.18 Å². The Morgan fingerprint density at radius 2 is 1.67 bits per heavy atom. The number of pyridine rings is 1. The lowest BCUT2D eigenvalue weighted by atomic mass is 9.93. The van der Waals surface area contributed by atoms with Crippen LogP contribution in [0.3, 0.4) is 0 Å². The lowest BCUT2D eigenvalue weighted by Gasteiger charge is -2.51. The van der Waals surface area contributed by atoms with Gasteiger partial charge in [-0.25, -0.2) is 19.2 Å². The molecule has 2 aliphatic rings. The van der Waals surface area contributed by atoms with Crippen molar-refractivity contribution in [3.05, 3.63) is 85.8 Å². The minimum Gasteiger partial charge on any atom is -0.366 e. The first-order valence-electron chi connectivity index (χ1n) is 17.2. The molecule has 2 aromatic carbocycles. The van der Waals surface area contributed by atoms with Gasteiger partial charge >= 0.3 is 5.69 Å². The molecule has 0 radical (unpaired) electrons. The molecule has 1 N–H and O–H groups in total. The number of fused-ring (bicyclic) bond motifs is 6.